The highest BCUT2D eigenvalue weighted by atomic mass is 32.1. The second-order valence-corrected chi connectivity index (χ2v) is 7.49. The van der Waals surface area contributed by atoms with Crippen LogP contribution in [-0.2, 0) is 11.2 Å². The Morgan fingerprint density at radius 1 is 1.36 bits per heavy atom. The third-order valence-corrected chi connectivity index (χ3v) is 5.51. The van der Waals surface area contributed by atoms with Crippen molar-refractivity contribution in [1.82, 2.24) is 4.90 Å². The molecule has 0 aliphatic carbocycles. The molecule has 2 rings (SSSR count). The minimum absolute atomic E-state index is 0.196. The lowest BCUT2D eigenvalue weighted by atomic mass is 10.2. The molecule has 0 saturated carbocycles. The minimum atomic E-state index is -0.872. The van der Waals surface area contributed by atoms with E-state index in [2.05, 4.69) is 31.2 Å². The van der Waals surface area contributed by atoms with Crippen molar-refractivity contribution in [1.29, 1.82) is 0 Å². The van der Waals surface area contributed by atoms with Gasteiger partial charge in [0.15, 0.2) is 0 Å². The summed E-state index contributed by atoms with van der Waals surface area (Å²) >= 11 is 1.32. The molecule has 0 radical (unpaired) electrons. The number of carbonyl (C=O) groups is 2. The second-order valence-electron chi connectivity index (χ2n) is 6.32. The second kappa shape index (κ2) is 10.2. The number of aryl methyl sites for hydroxylation is 1. The number of carbonyl (C=O) groups excluding carboxylic acids is 1. The number of hydrogen-bond donors (Lipinski definition) is 1. The molecule has 1 aliphatic rings. The fraction of sp³-hybridized carbons (Fsp3) is 0.500. The molecule has 0 unspecified atom stereocenters. The molecule has 1 fully saturated rings. The fourth-order valence-electron chi connectivity index (χ4n) is 2.99. The highest BCUT2D eigenvalue weighted by Crippen LogP contribution is 2.22. The van der Waals surface area contributed by atoms with E-state index in [-0.39, 0.29) is 11.9 Å². The summed E-state index contributed by atoms with van der Waals surface area (Å²) in [6, 6.07) is 3.72. The molecule has 4 nitrogen and oxygen atoms in total. The van der Waals surface area contributed by atoms with E-state index < -0.39 is 5.97 Å². The molecule has 0 aromatic carbocycles. The van der Waals surface area contributed by atoms with Crippen LogP contribution in [0.4, 0.5) is 0 Å². The number of likely N-dealkylation sites (tertiary alicyclic amines) is 1. The summed E-state index contributed by atoms with van der Waals surface area (Å²) in [6.45, 7) is 2.91. The SMILES string of the molecule is CCCC/C=C/C=C[C@H]1CCC(=O)N1CCCc1ccc(C(=O)O)s1. The van der Waals surface area contributed by atoms with Crippen LogP contribution in [0.2, 0.25) is 0 Å². The molecule has 1 saturated heterocycles. The predicted molar refractivity (Wildman–Crippen MR) is 102 cm³/mol. The molecule has 1 atom stereocenters. The number of amides is 1. The van der Waals surface area contributed by atoms with Gasteiger partial charge in [0, 0.05) is 17.8 Å². The summed E-state index contributed by atoms with van der Waals surface area (Å²) < 4.78 is 0. The van der Waals surface area contributed by atoms with Crippen LogP contribution in [0.1, 0.15) is 60.0 Å². The van der Waals surface area contributed by atoms with Crippen molar-refractivity contribution in [2.24, 2.45) is 0 Å². The van der Waals surface area contributed by atoms with Crippen molar-refractivity contribution in [3.63, 3.8) is 0 Å². The monoisotopic (exact) mass is 361 g/mol. The van der Waals surface area contributed by atoms with Crippen LogP contribution in [-0.4, -0.2) is 34.5 Å². The average molecular weight is 362 g/mol. The summed E-state index contributed by atoms with van der Waals surface area (Å²) in [4.78, 5) is 26.4. The molecule has 1 N–H and O–H groups in total. The number of nitrogens with zero attached hydrogens (tertiary/aromatic N) is 1. The molecular weight excluding hydrogens is 334 g/mol. The first-order valence-electron chi connectivity index (χ1n) is 9.06. The van der Waals surface area contributed by atoms with Gasteiger partial charge in [-0.25, -0.2) is 4.79 Å². The number of aromatic carboxylic acids is 1. The van der Waals surface area contributed by atoms with Gasteiger partial charge in [-0.15, -0.1) is 11.3 Å². The molecule has 0 spiro atoms. The standard InChI is InChI=1S/C20H27NO3S/c1-2-3-4-5-6-7-9-16-11-14-19(22)21(16)15-8-10-17-12-13-18(25-17)20(23)24/h5-7,9,12-13,16H,2-4,8,10-11,14-15H2,1H3,(H,23,24)/b6-5+,9-7?/t16-/m0/s1. The normalized spacial score (nSPS) is 18.0. The van der Waals surface area contributed by atoms with E-state index in [9.17, 15) is 9.59 Å². The van der Waals surface area contributed by atoms with Crippen LogP contribution in [0.5, 0.6) is 0 Å². The zero-order valence-electron chi connectivity index (χ0n) is 14.8. The van der Waals surface area contributed by atoms with Crippen molar-refractivity contribution in [3.8, 4) is 0 Å². The Balaban J connectivity index is 1.79. The topological polar surface area (TPSA) is 57.6 Å². The Bertz CT molecular complexity index is 633. The lowest BCUT2D eigenvalue weighted by Gasteiger charge is -2.22. The largest absolute Gasteiger partial charge is 0.477 e. The highest BCUT2D eigenvalue weighted by molar-refractivity contribution is 7.13. The Kier molecular flexibility index (Phi) is 7.92. The van der Waals surface area contributed by atoms with Gasteiger partial charge in [0.2, 0.25) is 5.91 Å². The van der Waals surface area contributed by atoms with E-state index in [4.69, 9.17) is 5.11 Å². The van der Waals surface area contributed by atoms with E-state index in [1.165, 1.54) is 24.2 Å². The van der Waals surface area contributed by atoms with E-state index in [1.54, 1.807) is 6.07 Å². The molecule has 0 bridgehead atoms. The van der Waals surface area contributed by atoms with Crippen LogP contribution in [0, 0.1) is 0 Å². The zero-order valence-corrected chi connectivity index (χ0v) is 15.6. The maximum Gasteiger partial charge on any atom is 0.345 e. The number of thiophene rings is 1. The third-order valence-electron chi connectivity index (χ3n) is 4.37. The van der Waals surface area contributed by atoms with Gasteiger partial charge in [-0.2, -0.15) is 0 Å². The Morgan fingerprint density at radius 2 is 2.20 bits per heavy atom. The van der Waals surface area contributed by atoms with Crippen LogP contribution in [0.3, 0.4) is 0 Å². The smallest absolute Gasteiger partial charge is 0.345 e. The van der Waals surface area contributed by atoms with Gasteiger partial charge >= 0.3 is 5.97 Å². The van der Waals surface area contributed by atoms with E-state index >= 15 is 0 Å². The number of carboxylic acids is 1. The van der Waals surface area contributed by atoms with Crippen molar-refractivity contribution >= 4 is 23.2 Å². The van der Waals surface area contributed by atoms with Crippen LogP contribution >= 0.6 is 11.3 Å². The number of unbranched alkanes of at least 4 members (excludes halogenated alkanes) is 2. The van der Waals surface area contributed by atoms with E-state index in [0.717, 1.165) is 37.1 Å². The fourth-order valence-corrected chi connectivity index (χ4v) is 3.87. The minimum Gasteiger partial charge on any atom is -0.477 e. The summed E-state index contributed by atoms with van der Waals surface area (Å²) in [5.41, 5.74) is 0. The average Bonchev–Trinajstić information content (AvgIpc) is 3.19. The van der Waals surface area contributed by atoms with Gasteiger partial charge < -0.3 is 10.0 Å². The molecule has 1 amide bonds. The zero-order chi connectivity index (χ0) is 18.1. The number of allylic oxidation sites excluding steroid dienone is 3. The quantitative estimate of drug-likeness (QED) is 0.486. The number of carboxylic acid groups (broad SMARTS) is 1. The first-order chi connectivity index (χ1) is 12.1. The molecule has 2 heterocycles. The molecule has 1 aliphatic heterocycles. The molecule has 25 heavy (non-hydrogen) atoms. The van der Waals surface area contributed by atoms with Crippen molar-refractivity contribution < 1.29 is 14.7 Å². The summed E-state index contributed by atoms with van der Waals surface area (Å²) in [5.74, 6) is -0.648. The molecular formula is C20H27NO3S. The van der Waals surface area contributed by atoms with Gasteiger partial charge in [0.25, 0.3) is 0 Å². The van der Waals surface area contributed by atoms with Crippen LogP contribution in [0.15, 0.2) is 36.4 Å². The summed E-state index contributed by atoms with van der Waals surface area (Å²) in [7, 11) is 0. The molecule has 1 aromatic rings. The maximum absolute atomic E-state index is 12.1. The lowest BCUT2D eigenvalue weighted by molar-refractivity contribution is -0.128. The predicted octanol–water partition coefficient (Wildman–Crippen LogP) is 4.67. The van der Waals surface area contributed by atoms with E-state index in [1.807, 2.05) is 11.0 Å². The summed E-state index contributed by atoms with van der Waals surface area (Å²) in [5, 5.41) is 8.96. The molecule has 5 heteroatoms. The molecule has 1 aromatic heterocycles. The Hall–Kier alpha value is -1.88. The number of rotatable bonds is 10. The van der Waals surface area contributed by atoms with Crippen molar-refractivity contribution in [2.45, 2.75) is 57.9 Å². The van der Waals surface area contributed by atoms with E-state index in [0.29, 0.717) is 11.3 Å². The summed E-state index contributed by atoms with van der Waals surface area (Å²) in [6.07, 6.45) is 15.2. The van der Waals surface area contributed by atoms with Gasteiger partial charge in [-0.05, 0) is 37.8 Å². The highest BCUT2D eigenvalue weighted by Gasteiger charge is 2.28. The Labute approximate surface area is 153 Å². The first kappa shape index (κ1) is 19.4. The number of hydrogen-bond acceptors (Lipinski definition) is 3. The van der Waals surface area contributed by atoms with Crippen LogP contribution < -0.4 is 0 Å². The van der Waals surface area contributed by atoms with Gasteiger partial charge in [0.05, 0.1) is 6.04 Å². The van der Waals surface area contributed by atoms with Crippen molar-refractivity contribution in [3.05, 3.63) is 46.2 Å². The molecule has 136 valence electrons. The van der Waals surface area contributed by atoms with Crippen molar-refractivity contribution in [2.75, 3.05) is 6.54 Å². The van der Waals surface area contributed by atoms with Gasteiger partial charge in [-0.1, -0.05) is 44.1 Å². The van der Waals surface area contributed by atoms with Gasteiger partial charge in [-0.3, -0.25) is 4.79 Å². The van der Waals surface area contributed by atoms with Gasteiger partial charge in [0.1, 0.15) is 4.88 Å². The maximum atomic E-state index is 12.1. The van der Waals surface area contributed by atoms with Crippen LogP contribution in [0.25, 0.3) is 0 Å². The third kappa shape index (κ3) is 6.16. The lowest BCUT2D eigenvalue weighted by Crippen LogP contribution is -2.32. The Morgan fingerprint density at radius 3 is 2.92 bits per heavy atom. The first-order valence-corrected chi connectivity index (χ1v) is 9.88.